The summed E-state index contributed by atoms with van der Waals surface area (Å²) in [5.74, 6) is -0.512. The molecule has 3 aliphatic rings. The zero-order chi connectivity index (χ0) is 27.1. The third-order valence-corrected chi connectivity index (χ3v) is 8.42. The maximum absolute atomic E-state index is 14.4. The third-order valence-electron chi connectivity index (χ3n) is 8.42. The molecule has 0 unspecified atom stereocenters. The Morgan fingerprint density at radius 3 is 2.41 bits per heavy atom. The highest BCUT2D eigenvalue weighted by molar-refractivity contribution is 6.23. The topological polar surface area (TPSA) is 93.5 Å². The Morgan fingerprint density at radius 1 is 0.949 bits per heavy atom. The highest BCUT2D eigenvalue weighted by atomic mass is 16.5. The van der Waals surface area contributed by atoms with Crippen LogP contribution in [0.3, 0.4) is 0 Å². The Kier molecular flexibility index (Phi) is 5.09. The fraction of sp³-hybridized carbons (Fsp3) is 0.290. The lowest BCUT2D eigenvalue weighted by Gasteiger charge is -2.32. The number of carbonyl (C=O) groups is 2. The first-order valence-corrected chi connectivity index (χ1v) is 13.3. The predicted octanol–water partition coefficient (Wildman–Crippen LogP) is 3.78. The third kappa shape index (κ3) is 3.09. The van der Waals surface area contributed by atoms with Gasteiger partial charge in [-0.2, -0.15) is 0 Å². The van der Waals surface area contributed by atoms with E-state index in [0.29, 0.717) is 40.3 Å². The summed E-state index contributed by atoms with van der Waals surface area (Å²) in [6, 6.07) is 21.6. The summed E-state index contributed by atoms with van der Waals surface area (Å²) in [5, 5.41) is 4.25. The maximum Gasteiger partial charge on any atom is 0.266 e. The second-order valence-corrected chi connectivity index (χ2v) is 11.0. The van der Waals surface area contributed by atoms with Gasteiger partial charge in [-0.3, -0.25) is 24.3 Å². The molecule has 2 amide bonds. The van der Waals surface area contributed by atoms with Gasteiger partial charge in [0, 0.05) is 11.6 Å². The number of hydrogen-bond donors (Lipinski definition) is 1. The van der Waals surface area contributed by atoms with Crippen LogP contribution in [0.5, 0.6) is 5.75 Å². The minimum atomic E-state index is -1.13. The number of nitrogens with one attached hydrogen (secondary N) is 1. The number of amides is 2. The first-order valence-electron chi connectivity index (χ1n) is 13.3. The van der Waals surface area contributed by atoms with Crippen LogP contribution in [-0.2, 0) is 15.1 Å². The molecule has 4 atom stereocenters. The predicted molar refractivity (Wildman–Crippen MR) is 147 cm³/mol. The first kappa shape index (κ1) is 23.8. The fourth-order valence-electron chi connectivity index (χ4n) is 6.92. The monoisotopic (exact) mass is 520 g/mol. The smallest absolute Gasteiger partial charge is 0.266 e. The molecule has 2 saturated heterocycles. The highest BCUT2D eigenvalue weighted by Crippen LogP contribution is 2.56. The molecule has 4 aromatic rings. The normalized spacial score (nSPS) is 25.0. The number of imide groups is 1. The van der Waals surface area contributed by atoms with Crippen molar-refractivity contribution in [3.05, 3.63) is 94.5 Å². The number of carbonyl (C=O) groups excluding carboxylic acids is 2. The SMILES string of the molecule is COc1ccc(N2C(=O)[C@@H]3[C@H](CC(C)C)N[C@]4(c5ccccc5-n5c4nc4ccccc4c5=O)[C@H]3C2=O)cc1. The number of methoxy groups -OCH3 is 1. The molecule has 196 valence electrons. The largest absolute Gasteiger partial charge is 0.497 e. The number of nitrogens with zero attached hydrogens (tertiary/aromatic N) is 3. The Hall–Kier alpha value is -4.30. The summed E-state index contributed by atoms with van der Waals surface area (Å²) in [4.78, 5) is 48.8. The summed E-state index contributed by atoms with van der Waals surface area (Å²) in [6.45, 7) is 4.22. The van der Waals surface area contributed by atoms with E-state index < -0.39 is 17.4 Å². The van der Waals surface area contributed by atoms with E-state index in [1.54, 1.807) is 42.0 Å². The molecule has 0 aliphatic carbocycles. The van der Waals surface area contributed by atoms with E-state index in [0.717, 1.165) is 5.56 Å². The van der Waals surface area contributed by atoms with Crippen LogP contribution in [0.25, 0.3) is 16.6 Å². The van der Waals surface area contributed by atoms with Crippen LogP contribution in [0, 0.1) is 17.8 Å². The van der Waals surface area contributed by atoms with Gasteiger partial charge < -0.3 is 4.74 Å². The summed E-state index contributed by atoms with van der Waals surface area (Å²) in [7, 11) is 1.57. The van der Waals surface area contributed by atoms with Gasteiger partial charge in [0.1, 0.15) is 17.1 Å². The van der Waals surface area contributed by atoms with E-state index in [-0.39, 0.29) is 29.3 Å². The van der Waals surface area contributed by atoms with Crippen LogP contribution < -0.4 is 20.5 Å². The van der Waals surface area contributed by atoms with Crippen molar-refractivity contribution < 1.29 is 14.3 Å². The molecular weight excluding hydrogens is 492 g/mol. The molecule has 39 heavy (non-hydrogen) atoms. The number of ether oxygens (including phenoxy) is 1. The first-order chi connectivity index (χ1) is 18.9. The minimum absolute atomic E-state index is 0.186. The van der Waals surface area contributed by atoms with Gasteiger partial charge in [0.25, 0.3) is 5.56 Å². The van der Waals surface area contributed by atoms with Crippen LogP contribution in [-0.4, -0.2) is 34.5 Å². The van der Waals surface area contributed by atoms with Crippen LogP contribution in [0.15, 0.2) is 77.6 Å². The quantitative estimate of drug-likeness (QED) is 0.412. The summed E-state index contributed by atoms with van der Waals surface area (Å²) < 4.78 is 6.91. The molecule has 0 bridgehead atoms. The van der Waals surface area contributed by atoms with Crippen molar-refractivity contribution in [1.29, 1.82) is 0 Å². The molecule has 2 fully saturated rings. The zero-order valence-electron chi connectivity index (χ0n) is 21.9. The van der Waals surface area contributed by atoms with Gasteiger partial charge in [0.2, 0.25) is 11.8 Å². The summed E-state index contributed by atoms with van der Waals surface area (Å²) in [5.41, 5.74) is 1.25. The molecule has 8 heteroatoms. The van der Waals surface area contributed by atoms with E-state index in [2.05, 4.69) is 19.2 Å². The Balaban J connectivity index is 1.49. The highest BCUT2D eigenvalue weighted by Gasteiger charge is 2.69. The Morgan fingerprint density at radius 2 is 1.67 bits per heavy atom. The van der Waals surface area contributed by atoms with Crippen molar-refractivity contribution in [2.75, 3.05) is 12.0 Å². The molecule has 1 aromatic heterocycles. The number of hydrogen-bond acceptors (Lipinski definition) is 6. The van der Waals surface area contributed by atoms with Gasteiger partial charge in [-0.15, -0.1) is 0 Å². The average molecular weight is 521 g/mol. The number of para-hydroxylation sites is 2. The van der Waals surface area contributed by atoms with Crippen LogP contribution in [0.2, 0.25) is 0 Å². The van der Waals surface area contributed by atoms with Crippen LogP contribution in [0.4, 0.5) is 5.69 Å². The van der Waals surface area contributed by atoms with E-state index in [9.17, 15) is 14.4 Å². The van der Waals surface area contributed by atoms with Gasteiger partial charge in [0.05, 0.1) is 41.2 Å². The molecule has 0 saturated carbocycles. The van der Waals surface area contributed by atoms with Crippen molar-refractivity contribution >= 4 is 28.4 Å². The van der Waals surface area contributed by atoms with Crippen molar-refractivity contribution in [2.45, 2.75) is 31.8 Å². The van der Waals surface area contributed by atoms with Gasteiger partial charge >= 0.3 is 0 Å². The van der Waals surface area contributed by atoms with E-state index in [1.807, 2.05) is 42.5 Å². The standard InChI is InChI=1S/C31H28N4O4/c1-17(2)16-23-25-26(29(38)34(28(25)37)18-12-14-19(39-3)15-13-18)31(33-23)21-9-5-7-11-24(21)35-27(36)20-8-4-6-10-22(20)32-30(31)35/h4-15,17,23,25-26,33H,16H2,1-3H3/t23-,25+,26+,31+/m0/s1. The van der Waals surface area contributed by atoms with E-state index in [4.69, 9.17) is 9.72 Å². The second-order valence-electron chi connectivity index (χ2n) is 11.0. The lowest BCUT2D eigenvalue weighted by atomic mass is 9.75. The maximum atomic E-state index is 14.4. The van der Waals surface area contributed by atoms with E-state index in [1.165, 1.54) is 4.90 Å². The van der Waals surface area contributed by atoms with Crippen LogP contribution in [0.1, 0.15) is 31.7 Å². The molecular formula is C31H28N4O4. The van der Waals surface area contributed by atoms with Gasteiger partial charge in [-0.25, -0.2) is 9.88 Å². The zero-order valence-corrected chi connectivity index (χ0v) is 21.9. The molecule has 3 aromatic carbocycles. The van der Waals surface area contributed by atoms with Gasteiger partial charge in [-0.1, -0.05) is 44.2 Å². The Labute approximate surface area is 225 Å². The van der Waals surface area contributed by atoms with Crippen molar-refractivity contribution in [3.8, 4) is 11.4 Å². The molecule has 7 rings (SSSR count). The van der Waals surface area contributed by atoms with Crippen molar-refractivity contribution in [3.63, 3.8) is 0 Å². The number of fused-ring (bicyclic) bond motifs is 8. The minimum Gasteiger partial charge on any atom is -0.497 e. The summed E-state index contributed by atoms with van der Waals surface area (Å²) >= 11 is 0. The van der Waals surface area contributed by atoms with E-state index >= 15 is 0 Å². The molecule has 1 spiro atoms. The fourth-order valence-corrected chi connectivity index (χ4v) is 6.92. The van der Waals surface area contributed by atoms with Crippen LogP contribution >= 0.6 is 0 Å². The van der Waals surface area contributed by atoms with Gasteiger partial charge in [0.15, 0.2) is 0 Å². The number of benzene rings is 3. The van der Waals surface area contributed by atoms with Crippen molar-refractivity contribution in [2.24, 2.45) is 17.8 Å². The second kappa shape index (κ2) is 8.35. The summed E-state index contributed by atoms with van der Waals surface area (Å²) in [6.07, 6.45) is 0.693. The number of aromatic nitrogens is 2. The van der Waals surface area contributed by atoms with Gasteiger partial charge in [-0.05, 0) is 54.8 Å². The lowest BCUT2D eigenvalue weighted by molar-refractivity contribution is -0.123. The average Bonchev–Trinajstić information content (AvgIpc) is 3.51. The van der Waals surface area contributed by atoms with Crippen molar-refractivity contribution in [1.82, 2.24) is 14.9 Å². The Bertz CT molecular complexity index is 1730. The lowest BCUT2D eigenvalue weighted by Crippen LogP contribution is -2.50. The molecule has 3 aliphatic heterocycles. The molecule has 4 heterocycles. The number of rotatable bonds is 4. The number of anilines is 1. The molecule has 8 nitrogen and oxygen atoms in total. The molecule has 1 N–H and O–H groups in total. The molecule has 0 radical (unpaired) electrons.